The van der Waals surface area contributed by atoms with Gasteiger partial charge in [0.25, 0.3) is 0 Å². The number of hydrogen-bond acceptors (Lipinski definition) is 5. The summed E-state index contributed by atoms with van der Waals surface area (Å²) in [5.74, 6) is -0.473. The zero-order valence-corrected chi connectivity index (χ0v) is 36.8. The van der Waals surface area contributed by atoms with Crippen molar-refractivity contribution < 1.29 is 24.5 Å². The normalized spacial score (nSPS) is 13.5. The molecule has 0 aromatic heterocycles. The zero-order valence-electron chi connectivity index (χ0n) is 36.8. The van der Waals surface area contributed by atoms with E-state index in [0.717, 1.165) is 70.6 Å². The quantitative estimate of drug-likeness (QED) is 0.0326. The minimum absolute atomic E-state index is 0.0792. The van der Waals surface area contributed by atoms with Crippen molar-refractivity contribution in [3.63, 3.8) is 0 Å². The van der Waals surface area contributed by atoms with Crippen molar-refractivity contribution in [3.8, 4) is 0 Å². The van der Waals surface area contributed by atoms with Gasteiger partial charge in [-0.2, -0.15) is 0 Å². The second-order valence-corrected chi connectivity index (χ2v) is 16.5. The molecule has 0 aromatic rings. The average Bonchev–Trinajstić information content (AvgIpc) is 3.18. The monoisotopic (exact) mass is 776 g/mol. The van der Waals surface area contributed by atoms with Crippen LogP contribution in [0.1, 0.15) is 252 Å². The number of unbranched alkanes of at least 4 members (excludes halogenated alkanes) is 27. The smallest absolute Gasteiger partial charge is 0.306 e. The summed E-state index contributed by atoms with van der Waals surface area (Å²) in [5, 5.41) is 23.6. The van der Waals surface area contributed by atoms with Gasteiger partial charge in [0.05, 0.1) is 25.2 Å². The van der Waals surface area contributed by atoms with E-state index in [2.05, 4.69) is 50.4 Å². The van der Waals surface area contributed by atoms with Crippen LogP contribution in [-0.2, 0) is 14.3 Å². The lowest BCUT2D eigenvalue weighted by Gasteiger charge is -2.24. The molecule has 0 radical (unpaired) electrons. The van der Waals surface area contributed by atoms with Crippen molar-refractivity contribution in [3.05, 3.63) is 24.3 Å². The van der Waals surface area contributed by atoms with Crippen molar-refractivity contribution in [1.29, 1.82) is 0 Å². The Hall–Kier alpha value is -1.66. The predicted molar refractivity (Wildman–Crippen MR) is 236 cm³/mol. The van der Waals surface area contributed by atoms with Crippen molar-refractivity contribution in [1.82, 2.24) is 5.32 Å². The number of hydrogen-bond donors (Lipinski definition) is 3. The summed E-state index contributed by atoms with van der Waals surface area (Å²) < 4.78 is 5.92. The van der Waals surface area contributed by atoms with Crippen LogP contribution in [-0.4, -0.2) is 46.9 Å². The molecular formula is C49H93NO5. The van der Waals surface area contributed by atoms with Crippen molar-refractivity contribution >= 4 is 11.9 Å². The molecule has 0 aliphatic heterocycles. The molecule has 55 heavy (non-hydrogen) atoms. The summed E-state index contributed by atoms with van der Waals surface area (Å²) in [6.45, 7) is 6.36. The molecule has 1 amide bonds. The number of rotatable bonds is 43. The number of allylic oxidation sites excluding steroid dienone is 4. The molecule has 3 unspecified atom stereocenters. The fraction of sp³-hybridized carbons (Fsp3) is 0.878. The zero-order chi connectivity index (χ0) is 40.3. The number of aliphatic hydroxyl groups excluding tert-OH is 2. The van der Waals surface area contributed by atoms with Gasteiger partial charge < -0.3 is 20.3 Å². The molecule has 0 aliphatic rings. The molecule has 0 rings (SSSR count). The molecule has 0 saturated heterocycles. The predicted octanol–water partition coefficient (Wildman–Crippen LogP) is 14.0. The molecule has 0 spiro atoms. The lowest BCUT2D eigenvalue weighted by atomic mass is 10.0. The van der Waals surface area contributed by atoms with E-state index in [1.807, 2.05) is 0 Å². The molecule has 6 heteroatoms. The maximum Gasteiger partial charge on any atom is 0.306 e. The van der Waals surface area contributed by atoms with Crippen LogP contribution < -0.4 is 5.32 Å². The van der Waals surface area contributed by atoms with Gasteiger partial charge in [0.1, 0.15) is 6.10 Å². The van der Waals surface area contributed by atoms with Gasteiger partial charge in [-0.25, -0.2) is 0 Å². The summed E-state index contributed by atoms with van der Waals surface area (Å²) in [7, 11) is 0. The Morgan fingerprint density at radius 2 is 0.982 bits per heavy atom. The van der Waals surface area contributed by atoms with Crippen LogP contribution in [0.15, 0.2) is 24.3 Å². The number of nitrogens with one attached hydrogen (secondary N) is 1. The molecule has 0 aromatic carbocycles. The number of carbonyl (C=O) groups is 2. The van der Waals surface area contributed by atoms with Crippen LogP contribution in [0.5, 0.6) is 0 Å². The van der Waals surface area contributed by atoms with Crippen molar-refractivity contribution in [2.75, 3.05) is 6.61 Å². The minimum atomic E-state index is -0.782. The van der Waals surface area contributed by atoms with E-state index in [0.29, 0.717) is 19.3 Å². The topological polar surface area (TPSA) is 95.9 Å². The van der Waals surface area contributed by atoms with Crippen LogP contribution in [0, 0.1) is 0 Å². The Morgan fingerprint density at radius 3 is 1.47 bits per heavy atom. The van der Waals surface area contributed by atoms with Crippen LogP contribution in [0.2, 0.25) is 0 Å². The van der Waals surface area contributed by atoms with E-state index in [4.69, 9.17) is 4.74 Å². The van der Waals surface area contributed by atoms with Gasteiger partial charge in [-0.3, -0.25) is 9.59 Å². The number of aliphatic hydroxyl groups is 2. The molecule has 0 saturated carbocycles. The maximum atomic E-state index is 13.1. The van der Waals surface area contributed by atoms with Crippen LogP contribution in [0.4, 0.5) is 0 Å². The number of esters is 1. The highest BCUT2D eigenvalue weighted by Gasteiger charge is 2.24. The van der Waals surface area contributed by atoms with E-state index in [9.17, 15) is 19.8 Å². The Balaban J connectivity index is 4.56. The molecule has 0 heterocycles. The molecule has 3 N–H and O–H groups in total. The lowest BCUT2D eigenvalue weighted by molar-refractivity contribution is -0.151. The summed E-state index contributed by atoms with van der Waals surface area (Å²) in [4.78, 5) is 26.0. The van der Waals surface area contributed by atoms with E-state index in [1.165, 1.54) is 135 Å². The Bertz CT molecular complexity index is 873. The first-order valence-corrected chi connectivity index (χ1v) is 24.1. The number of ether oxygens (including phenoxy) is 1. The third kappa shape index (κ3) is 39.0. The second-order valence-electron chi connectivity index (χ2n) is 16.5. The fourth-order valence-electron chi connectivity index (χ4n) is 7.41. The molecule has 3 atom stereocenters. The van der Waals surface area contributed by atoms with Gasteiger partial charge in [-0.15, -0.1) is 0 Å². The van der Waals surface area contributed by atoms with E-state index in [1.54, 1.807) is 0 Å². The Labute approximate surface area is 341 Å². The highest BCUT2D eigenvalue weighted by Crippen LogP contribution is 2.18. The highest BCUT2D eigenvalue weighted by atomic mass is 16.5. The molecular weight excluding hydrogens is 683 g/mol. The van der Waals surface area contributed by atoms with Crippen LogP contribution in [0.25, 0.3) is 0 Å². The summed E-state index contributed by atoms with van der Waals surface area (Å²) >= 11 is 0. The molecule has 324 valence electrons. The van der Waals surface area contributed by atoms with Crippen LogP contribution >= 0.6 is 0 Å². The first-order valence-electron chi connectivity index (χ1n) is 24.1. The van der Waals surface area contributed by atoms with Gasteiger partial charge in [-0.1, -0.05) is 212 Å². The largest absolute Gasteiger partial charge is 0.462 e. The third-order valence-corrected chi connectivity index (χ3v) is 11.0. The summed E-state index contributed by atoms with van der Waals surface area (Å²) in [5.41, 5.74) is 0. The van der Waals surface area contributed by atoms with Gasteiger partial charge in [0.15, 0.2) is 0 Å². The lowest BCUT2D eigenvalue weighted by Crippen LogP contribution is -2.46. The fourth-order valence-corrected chi connectivity index (χ4v) is 7.41. The standard InChI is InChI=1S/C49H93NO5/c1-4-7-10-13-16-19-21-23-25-27-30-33-36-39-42-49(54)55-45(40-37-34-31-29-26-24-22-20-17-14-11-8-5-2)43-48(53)50-46(44-51)47(52)41-38-35-32-28-18-15-12-9-6-3/h7,10,16,19,45-47,51-52H,4-6,8-9,11-15,17-18,20-44H2,1-3H3,(H,50,53)/b10-7+,19-16+. The maximum absolute atomic E-state index is 13.1. The van der Waals surface area contributed by atoms with Gasteiger partial charge in [0.2, 0.25) is 5.91 Å². The number of carbonyl (C=O) groups excluding carboxylic acids is 2. The average molecular weight is 776 g/mol. The third-order valence-electron chi connectivity index (χ3n) is 11.0. The van der Waals surface area contributed by atoms with Gasteiger partial charge in [0, 0.05) is 6.42 Å². The SMILES string of the molecule is CC/C=C/C/C=C/CCCCCCCCCC(=O)OC(CCCCCCCCCCCCCCC)CC(=O)NC(CO)C(O)CCCCCCCCCCC. The second kappa shape index (κ2) is 43.5. The summed E-state index contributed by atoms with van der Waals surface area (Å²) in [6, 6.07) is -0.696. The number of amides is 1. The van der Waals surface area contributed by atoms with E-state index in [-0.39, 0.29) is 24.9 Å². The van der Waals surface area contributed by atoms with E-state index >= 15 is 0 Å². The first-order chi connectivity index (χ1) is 27.0. The van der Waals surface area contributed by atoms with E-state index < -0.39 is 18.2 Å². The van der Waals surface area contributed by atoms with Gasteiger partial charge in [-0.05, 0) is 51.4 Å². The first kappa shape index (κ1) is 53.3. The molecule has 0 aliphatic carbocycles. The Kier molecular flexibility index (Phi) is 42.2. The minimum Gasteiger partial charge on any atom is -0.462 e. The molecule has 0 fully saturated rings. The van der Waals surface area contributed by atoms with Crippen molar-refractivity contribution in [2.45, 2.75) is 270 Å². The molecule has 0 bridgehead atoms. The highest BCUT2D eigenvalue weighted by molar-refractivity contribution is 5.77. The van der Waals surface area contributed by atoms with Crippen molar-refractivity contribution in [2.24, 2.45) is 0 Å². The Morgan fingerprint density at radius 1 is 0.545 bits per heavy atom. The van der Waals surface area contributed by atoms with Gasteiger partial charge >= 0.3 is 5.97 Å². The summed E-state index contributed by atoms with van der Waals surface area (Å²) in [6.07, 6.45) is 48.1. The van der Waals surface area contributed by atoms with Crippen LogP contribution in [0.3, 0.4) is 0 Å². The molecule has 6 nitrogen and oxygen atoms in total.